The first kappa shape index (κ1) is 39.4. The van der Waals surface area contributed by atoms with Gasteiger partial charge in [0.05, 0.1) is 44.5 Å². The van der Waals surface area contributed by atoms with Crippen molar-refractivity contribution in [3.8, 4) is 56.1 Å². The number of para-hydroxylation sites is 2. The molecule has 70 heavy (non-hydrogen) atoms. The van der Waals surface area contributed by atoms with E-state index in [-0.39, 0.29) is 10.8 Å². The van der Waals surface area contributed by atoms with Gasteiger partial charge in [-0.2, -0.15) is 0 Å². The van der Waals surface area contributed by atoms with E-state index in [9.17, 15) is 0 Å². The number of aromatic nitrogens is 4. The fraction of sp³-hybridized carbons (Fsp3) is 0.0909. The molecule has 0 radical (unpaired) electrons. The molecule has 0 unspecified atom stereocenters. The SMILES string of the molecule is CC1(C)c2ccccc2-c2ccc(-c3nc4ccc(-n5c6ccccc6c6cc7c8c9ccccc9ccc8n(-c8ccccc8)c7cc65)cc4nc3-c3ccc4c(c3)C(C)(C)c3ccccc3-4)cc21. The fourth-order valence-electron chi connectivity index (χ4n) is 12.7. The Labute approximate surface area is 405 Å². The maximum atomic E-state index is 5.73. The van der Waals surface area contributed by atoms with Crippen LogP contribution in [0.3, 0.4) is 0 Å². The number of rotatable bonds is 4. The summed E-state index contributed by atoms with van der Waals surface area (Å²) in [6.07, 6.45) is 0. The lowest BCUT2D eigenvalue weighted by molar-refractivity contribution is 0.660. The van der Waals surface area contributed by atoms with Gasteiger partial charge in [0.25, 0.3) is 0 Å². The molecule has 0 N–H and O–H groups in total. The average Bonchev–Trinajstić information content (AvgIpc) is 4.06. The van der Waals surface area contributed by atoms with E-state index in [4.69, 9.17) is 9.97 Å². The van der Waals surface area contributed by atoms with Crippen molar-refractivity contribution in [1.82, 2.24) is 19.1 Å². The van der Waals surface area contributed by atoms with Crippen LogP contribution in [0.25, 0.3) is 122 Å². The summed E-state index contributed by atoms with van der Waals surface area (Å²) in [6.45, 7) is 9.39. The Balaban J connectivity index is 0.974. The van der Waals surface area contributed by atoms with Gasteiger partial charge in [-0.3, -0.25) is 0 Å². The van der Waals surface area contributed by atoms with Crippen LogP contribution in [0.5, 0.6) is 0 Å². The third-order valence-corrected chi connectivity index (χ3v) is 16.1. The Bertz CT molecular complexity index is 4410. The second-order valence-corrected chi connectivity index (χ2v) is 20.5. The second kappa shape index (κ2) is 14.0. The van der Waals surface area contributed by atoms with Gasteiger partial charge >= 0.3 is 0 Å². The maximum absolute atomic E-state index is 5.73. The van der Waals surface area contributed by atoms with Gasteiger partial charge in [-0.05, 0) is 122 Å². The number of hydrogen-bond acceptors (Lipinski definition) is 2. The highest BCUT2D eigenvalue weighted by atomic mass is 15.0. The summed E-state index contributed by atoms with van der Waals surface area (Å²) in [6, 6.07) is 76.1. The maximum Gasteiger partial charge on any atom is 0.0973 e. The minimum Gasteiger partial charge on any atom is -0.309 e. The summed E-state index contributed by atoms with van der Waals surface area (Å²) < 4.78 is 4.87. The van der Waals surface area contributed by atoms with Crippen LogP contribution in [0.1, 0.15) is 49.9 Å². The largest absolute Gasteiger partial charge is 0.309 e. The van der Waals surface area contributed by atoms with Gasteiger partial charge in [0.15, 0.2) is 0 Å². The molecular formula is C66H46N4. The highest BCUT2D eigenvalue weighted by Gasteiger charge is 2.37. The van der Waals surface area contributed by atoms with E-state index in [2.05, 4.69) is 243 Å². The number of fused-ring (bicyclic) bond motifs is 15. The highest BCUT2D eigenvalue weighted by molar-refractivity contribution is 6.25. The van der Waals surface area contributed by atoms with E-state index >= 15 is 0 Å². The first-order valence-electron chi connectivity index (χ1n) is 24.5. The van der Waals surface area contributed by atoms with Gasteiger partial charge in [0, 0.05) is 54.9 Å². The average molecular weight is 895 g/mol. The Morgan fingerprint density at radius 2 is 0.886 bits per heavy atom. The van der Waals surface area contributed by atoms with Crippen LogP contribution in [0.2, 0.25) is 0 Å². The van der Waals surface area contributed by atoms with E-state index in [0.717, 1.165) is 56.0 Å². The van der Waals surface area contributed by atoms with E-state index in [0.29, 0.717) is 0 Å². The minimum absolute atomic E-state index is 0.151. The van der Waals surface area contributed by atoms with Crippen molar-refractivity contribution in [2.75, 3.05) is 0 Å². The van der Waals surface area contributed by atoms with Crippen LogP contribution < -0.4 is 0 Å². The van der Waals surface area contributed by atoms with Crippen LogP contribution >= 0.6 is 0 Å². The van der Waals surface area contributed by atoms with E-state index in [1.165, 1.54) is 87.9 Å². The molecule has 0 saturated carbocycles. The summed E-state index contributed by atoms with van der Waals surface area (Å²) in [5.41, 5.74) is 22.7. The quantitative estimate of drug-likeness (QED) is 0.176. The standard InChI is InChI=1S/C66H46N4/c1-65(2)52-23-13-10-20-45(52)47-30-26-40(34-54(47)65)63-64(41-27-31-48-46-21-11-14-24-53(46)66(3,4)55(48)35-41)68-57-36-43(29-32-56(57)67-63)70-58-25-15-12-22-49(58)50-37-51-61(38-60(50)70)69(42-17-6-5-7-18-42)59-33-28-39-16-8-9-19-44(39)62(51)59/h5-38H,1-4H3. The Hall–Kier alpha value is -8.60. The fourth-order valence-corrected chi connectivity index (χ4v) is 12.7. The molecule has 3 aromatic heterocycles. The van der Waals surface area contributed by atoms with Crippen molar-refractivity contribution >= 4 is 65.4 Å². The Kier molecular flexibility index (Phi) is 7.88. The highest BCUT2D eigenvalue weighted by Crippen LogP contribution is 2.52. The predicted molar refractivity (Wildman–Crippen MR) is 292 cm³/mol. The number of hydrogen-bond donors (Lipinski definition) is 0. The third kappa shape index (κ3) is 5.31. The van der Waals surface area contributed by atoms with Crippen molar-refractivity contribution in [1.29, 1.82) is 0 Å². The van der Waals surface area contributed by atoms with E-state index in [1.807, 2.05) is 0 Å². The summed E-state index contributed by atoms with van der Waals surface area (Å²) in [7, 11) is 0. The lowest BCUT2D eigenvalue weighted by atomic mass is 9.81. The molecule has 0 amide bonds. The third-order valence-electron chi connectivity index (χ3n) is 16.1. The summed E-state index contributed by atoms with van der Waals surface area (Å²) in [5, 5.41) is 7.45. The molecular weight excluding hydrogens is 849 g/mol. The lowest BCUT2D eigenvalue weighted by Gasteiger charge is -2.23. The van der Waals surface area contributed by atoms with Crippen molar-refractivity contribution in [2.45, 2.75) is 38.5 Å². The molecule has 0 spiro atoms. The zero-order valence-corrected chi connectivity index (χ0v) is 39.4. The Morgan fingerprint density at radius 1 is 0.329 bits per heavy atom. The normalized spacial score (nSPS) is 14.2. The van der Waals surface area contributed by atoms with Gasteiger partial charge in [0.1, 0.15) is 0 Å². The van der Waals surface area contributed by atoms with Crippen molar-refractivity contribution in [3.63, 3.8) is 0 Å². The molecule has 13 aromatic rings. The molecule has 0 atom stereocenters. The zero-order valence-electron chi connectivity index (χ0n) is 39.4. The molecule has 0 saturated heterocycles. The molecule has 0 bridgehead atoms. The smallest absolute Gasteiger partial charge is 0.0973 e. The van der Waals surface area contributed by atoms with Crippen molar-refractivity contribution in [2.24, 2.45) is 0 Å². The summed E-state index contributed by atoms with van der Waals surface area (Å²) in [5.74, 6) is 0. The summed E-state index contributed by atoms with van der Waals surface area (Å²) in [4.78, 5) is 11.3. The van der Waals surface area contributed by atoms with Crippen LogP contribution in [-0.2, 0) is 10.8 Å². The first-order valence-corrected chi connectivity index (χ1v) is 24.5. The molecule has 4 heteroatoms. The van der Waals surface area contributed by atoms with Gasteiger partial charge < -0.3 is 9.13 Å². The minimum atomic E-state index is -0.163. The molecule has 4 nitrogen and oxygen atoms in total. The van der Waals surface area contributed by atoms with Crippen molar-refractivity contribution in [3.05, 3.63) is 229 Å². The molecule has 10 aromatic carbocycles. The van der Waals surface area contributed by atoms with E-state index in [1.54, 1.807) is 0 Å². The zero-order chi connectivity index (χ0) is 46.6. The molecule has 2 aliphatic carbocycles. The molecule has 330 valence electrons. The lowest BCUT2D eigenvalue weighted by Crippen LogP contribution is -2.15. The van der Waals surface area contributed by atoms with Crippen LogP contribution in [0, 0.1) is 0 Å². The van der Waals surface area contributed by atoms with Gasteiger partial charge in [0.2, 0.25) is 0 Å². The van der Waals surface area contributed by atoms with Gasteiger partial charge in [-0.15, -0.1) is 0 Å². The van der Waals surface area contributed by atoms with Crippen LogP contribution in [0.4, 0.5) is 0 Å². The molecule has 2 aliphatic rings. The van der Waals surface area contributed by atoms with Gasteiger partial charge in [-0.25, -0.2) is 9.97 Å². The van der Waals surface area contributed by atoms with E-state index < -0.39 is 0 Å². The number of benzene rings is 10. The Morgan fingerprint density at radius 3 is 1.59 bits per heavy atom. The second-order valence-electron chi connectivity index (χ2n) is 20.5. The summed E-state index contributed by atoms with van der Waals surface area (Å²) >= 11 is 0. The molecule has 3 heterocycles. The van der Waals surface area contributed by atoms with Crippen LogP contribution in [0.15, 0.2) is 206 Å². The monoisotopic (exact) mass is 894 g/mol. The van der Waals surface area contributed by atoms with Gasteiger partial charge in [-0.1, -0.05) is 167 Å². The van der Waals surface area contributed by atoms with Crippen molar-refractivity contribution < 1.29 is 0 Å². The molecule has 15 rings (SSSR count). The predicted octanol–water partition coefficient (Wildman–Crippen LogP) is 16.9. The first-order chi connectivity index (χ1) is 34.2. The topological polar surface area (TPSA) is 35.6 Å². The molecule has 0 aliphatic heterocycles. The molecule has 0 fully saturated rings. The number of nitrogens with zero attached hydrogens (tertiary/aromatic N) is 4. The van der Waals surface area contributed by atoms with Crippen LogP contribution in [-0.4, -0.2) is 19.1 Å².